The van der Waals surface area contributed by atoms with Crippen LogP contribution in [0.15, 0.2) is 35.0 Å². The van der Waals surface area contributed by atoms with Gasteiger partial charge in [0.2, 0.25) is 0 Å². The number of benzene rings is 1. The van der Waals surface area contributed by atoms with Gasteiger partial charge in [0.1, 0.15) is 0 Å². The van der Waals surface area contributed by atoms with E-state index in [4.69, 9.17) is 11.6 Å². The van der Waals surface area contributed by atoms with Gasteiger partial charge in [0.15, 0.2) is 0 Å². The molecule has 0 nitrogen and oxygen atoms in total. The Morgan fingerprint density at radius 2 is 1.79 bits per heavy atom. The SMILES string of the molecule is Cc1cscc1C(Cl)Cc1ccc(C(F)(F)F)cc1. The van der Waals surface area contributed by atoms with Crippen molar-refractivity contribution in [1.82, 2.24) is 0 Å². The van der Waals surface area contributed by atoms with Crippen molar-refractivity contribution in [2.75, 3.05) is 0 Å². The van der Waals surface area contributed by atoms with E-state index in [2.05, 4.69) is 0 Å². The highest BCUT2D eigenvalue weighted by Gasteiger charge is 2.30. The van der Waals surface area contributed by atoms with Crippen LogP contribution < -0.4 is 0 Å². The number of hydrogen-bond donors (Lipinski definition) is 0. The molecule has 1 aromatic heterocycles. The first kappa shape index (κ1) is 14.4. The molecule has 1 unspecified atom stereocenters. The van der Waals surface area contributed by atoms with Crippen LogP contribution in [-0.4, -0.2) is 0 Å². The van der Waals surface area contributed by atoms with E-state index in [0.717, 1.165) is 28.8 Å². The second-order valence-electron chi connectivity index (χ2n) is 4.38. The Kier molecular flexibility index (Phi) is 4.21. The van der Waals surface area contributed by atoms with Gasteiger partial charge in [-0.15, -0.1) is 11.6 Å². The van der Waals surface area contributed by atoms with Gasteiger partial charge < -0.3 is 0 Å². The minimum atomic E-state index is -4.29. The Labute approximate surface area is 118 Å². The van der Waals surface area contributed by atoms with E-state index in [1.165, 1.54) is 12.1 Å². The van der Waals surface area contributed by atoms with Crippen molar-refractivity contribution in [3.63, 3.8) is 0 Å². The van der Waals surface area contributed by atoms with Crippen molar-refractivity contribution >= 4 is 22.9 Å². The molecule has 0 N–H and O–H groups in total. The molecule has 0 saturated carbocycles. The maximum absolute atomic E-state index is 12.4. The number of halogens is 4. The van der Waals surface area contributed by atoms with Crippen molar-refractivity contribution in [2.45, 2.75) is 24.9 Å². The molecule has 0 saturated heterocycles. The van der Waals surface area contributed by atoms with E-state index in [1.54, 1.807) is 11.3 Å². The molecule has 0 aliphatic carbocycles. The van der Waals surface area contributed by atoms with E-state index in [1.807, 2.05) is 17.7 Å². The Bertz CT molecular complexity index is 543. The van der Waals surface area contributed by atoms with E-state index < -0.39 is 11.7 Å². The lowest BCUT2D eigenvalue weighted by atomic mass is 10.0. The maximum atomic E-state index is 12.4. The highest BCUT2D eigenvalue weighted by atomic mass is 35.5. The lowest BCUT2D eigenvalue weighted by Gasteiger charge is -2.11. The minimum Gasteiger partial charge on any atom is -0.166 e. The van der Waals surface area contributed by atoms with Gasteiger partial charge in [0.25, 0.3) is 0 Å². The predicted molar refractivity (Wildman–Crippen MR) is 72.8 cm³/mol. The fourth-order valence-corrected chi connectivity index (χ4v) is 3.23. The van der Waals surface area contributed by atoms with E-state index in [9.17, 15) is 13.2 Å². The summed E-state index contributed by atoms with van der Waals surface area (Å²) in [5.41, 5.74) is 2.34. The van der Waals surface area contributed by atoms with Gasteiger partial charge in [-0.3, -0.25) is 0 Å². The standard InChI is InChI=1S/C14H12ClF3S/c1-9-7-19-8-12(9)13(15)6-10-2-4-11(5-3-10)14(16,17)18/h2-5,7-8,13H,6H2,1H3. The monoisotopic (exact) mass is 304 g/mol. The largest absolute Gasteiger partial charge is 0.416 e. The highest BCUT2D eigenvalue weighted by molar-refractivity contribution is 7.08. The topological polar surface area (TPSA) is 0 Å². The summed E-state index contributed by atoms with van der Waals surface area (Å²) in [6.45, 7) is 1.98. The second-order valence-corrected chi connectivity index (χ2v) is 5.65. The Morgan fingerprint density at radius 3 is 2.26 bits per heavy atom. The van der Waals surface area contributed by atoms with Crippen molar-refractivity contribution in [3.05, 3.63) is 57.3 Å². The Morgan fingerprint density at radius 1 is 1.16 bits per heavy atom. The molecule has 19 heavy (non-hydrogen) atoms. The number of alkyl halides is 4. The van der Waals surface area contributed by atoms with Gasteiger partial charge >= 0.3 is 6.18 Å². The average Bonchev–Trinajstić information content (AvgIpc) is 2.75. The van der Waals surface area contributed by atoms with E-state index in [-0.39, 0.29) is 5.38 Å². The first-order valence-electron chi connectivity index (χ1n) is 5.71. The zero-order valence-electron chi connectivity index (χ0n) is 10.2. The highest BCUT2D eigenvalue weighted by Crippen LogP contribution is 2.32. The van der Waals surface area contributed by atoms with Gasteiger partial charge in [-0.25, -0.2) is 0 Å². The third-order valence-electron chi connectivity index (χ3n) is 2.93. The third kappa shape index (κ3) is 3.51. The molecular weight excluding hydrogens is 293 g/mol. The van der Waals surface area contributed by atoms with Gasteiger partial charge in [0.05, 0.1) is 10.9 Å². The van der Waals surface area contributed by atoms with Crippen LogP contribution in [-0.2, 0) is 12.6 Å². The molecule has 0 spiro atoms. The summed E-state index contributed by atoms with van der Waals surface area (Å²) in [5, 5.41) is 3.79. The number of thiophene rings is 1. The first-order chi connectivity index (χ1) is 8.88. The van der Waals surface area contributed by atoms with Gasteiger partial charge in [-0.05, 0) is 52.9 Å². The van der Waals surface area contributed by atoms with Crippen LogP contribution >= 0.6 is 22.9 Å². The van der Waals surface area contributed by atoms with Crippen LogP contribution in [0, 0.1) is 6.92 Å². The van der Waals surface area contributed by atoms with Gasteiger partial charge in [-0.2, -0.15) is 24.5 Å². The van der Waals surface area contributed by atoms with Crippen LogP contribution in [0.2, 0.25) is 0 Å². The molecule has 0 radical (unpaired) electrons. The van der Waals surface area contributed by atoms with Crippen LogP contribution in [0.25, 0.3) is 0 Å². The minimum absolute atomic E-state index is 0.206. The normalized spacial score (nSPS) is 13.5. The summed E-state index contributed by atoms with van der Waals surface area (Å²) in [5.74, 6) is 0. The number of hydrogen-bond acceptors (Lipinski definition) is 1. The lowest BCUT2D eigenvalue weighted by Crippen LogP contribution is -2.05. The zero-order chi connectivity index (χ0) is 14.0. The molecule has 0 fully saturated rings. The molecule has 0 aliphatic rings. The van der Waals surface area contributed by atoms with Gasteiger partial charge in [0, 0.05) is 0 Å². The van der Waals surface area contributed by atoms with E-state index >= 15 is 0 Å². The van der Waals surface area contributed by atoms with E-state index in [0.29, 0.717) is 6.42 Å². The summed E-state index contributed by atoms with van der Waals surface area (Å²) in [7, 11) is 0. The molecule has 0 aliphatic heterocycles. The van der Waals surface area contributed by atoms with Crippen molar-refractivity contribution < 1.29 is 13.2 Å². The first-order valence-corrected chi connectivity index (χ1v) is 7.09. The zero-order valence-corrected chi connectivity index (χ0v) is 11.7. The molecule has 0 amide bonds. The maximum Gasteiger partial charge on any atom is 0.416 e. The van der Waals surface area contributed by atoms with Crippen molar-refractivity contribution in [1.29, 1.82) is 0 Å². The molecule has 0 bridgehead atoms. The molecule has 2 rings (SSSR count). The molecule has 102 valence electrons. The third-order valence-corrected chi connectivity index (χ3v) is 4.20. The quantitative estimate of drug-likeness (QED) is 0.648. The Hall–Kier alpha value is -1.00. The van der Waals surface area contributed by atoms with Crippen LogP contribution in [0.1, 0.15) is 27.6 Å². The molecule has 1 atom stereocenters. The smallest absolute Gasteiger partial charge is 0.166 e. The number of aryl methyl sites for hydroxylation is 1. The van der Waals surface area contributed by atoms with Crippen molar-refractivity contribution in [2.24, 2.45) is 0 Å². The molecule has 1 heterocycles. The van der Waals surface area contributed by atoms with Gasteiger partial charge in [-0.1, -0.05) is 12.1 Å². The second kappa shape index (κ2) is 5.55. The molecular formula is C14H12ClF3S. The number of rotatable bonds is 3. The lowest BCUT2D eigenvalue weighted by molar-refractivity contribution is -0.137. The predicted octanol–water partition coefficient (Wildman–Crippen LogP) is 5.60. The van der Waals surface area contributed by atoms with Crippen LogP contribution in [0.4, 0.5) is 13.2 Å². The summed E-state index contributed by atoms with van der Waals surface area (Å²) in [6, 6.07) is 5.17. The summed E-state index contributed by atoms with van der Waals surface area (Å²) >= 11 is 7.88. The fraction of sp³-hybridized carbons (Fsp3) is 0.286. The summed E-state index contributed by atoms with van der Waals surface area (Å²) < 4.78 is 37.3. The summed E-state index contributed by atoms with van der Waals surface area (Å²) in [6.07, 6.45) is -3.76. The molecule has 5 heteroatoms. The summed E-state index contributed by atoms with van der Waals surface area (Å²) in [4.78, 5) is 0. The molecule has 1 aromatic carbocycles. The average molecular weight is 305 g/mol. The fourth-order valence-electron chi connectivity index (χ4n) is 1.84. The molecule has 2 aromatic rings. The van der Waals surface area contributed by atoms with Crippen LogP contribution in [0.3, 0.4) is 0 Å². The van der Waals surface area contributed by atoms with Crippen molar-refractivity contribution in [3.8, 4) is 0 Å². The Balaban J connectivity index is 2.10. The van der Waals surface area contributed by atoms with Crippen LogP contribution in [0.5, 0.6) is 0 Å².